The maximum atomic E-state index is 13.1. The Balaban J connectivity index is 1.35. The third-order valence-electron chi connectivity index (χ3n) is 6.07. The number of nitrogens with zero attached hydrogens (tertiary/aromatic N) is 4. The first-order valence-corrected chi connectivity index (χ1v) is 9.93. The normalized spacial score (nSPS) is 24.6. The Kier molecular flexibility index (Phi) is 4.34. The molecule has 2 amide bonds. The second-order valence-corrected chi connectivity index (χ2v) is 7.92. The van der Waals surface area contributed by atoms with Gasteiger partial charge < -0.3 is 9.84 Å². The smallest absolute Gasteiger partial charge is 0.274 e. The van der Waals surface area contributed by atoms with Crippen LogP contribution in [0.15, 0.2) is 53.3 Å². The molecule has 0 radical (unpaired) electrons. The average molecular weight is 403 g/mol. The summed E-state index contributed by atoms with van der Waals surface area (Å²) in [6, 6.07) is 10.8. The summed E-state index contributed by atoms with van der Waals surface area (Å²) in [7, 11) is 1.67. The fraction of sp³-hybridized carbons (Fsp3) is 0.318. The minimum Gasteiger partial charge on any atom is -0.360 e. The number of nitrogens with one attached hydrogen (secondary N) is 1. The van der Waals surface area contributed by atoms with Crippen molar-refractivity contribution in [1.29, 1.82) is 0 Å². The van der Waals surface area contributed by atoms with Crippen LogP contribution in [0.4, 0.5) is 5.82 Å². The Bertz CT molecular complexity index is 1110. The maximum Gasteiger partial charge on any atom is 0.274 e. The Morgan fingerprint density at radius 3 is 2.77 bits per heavy atom. The lowest BCUT2D eigenvalue weighted by molar-refractivity contribution is -0.120. The van der Waals surface area contributed by atoms with Gasteiger partial charge in [-0.3, -0.25) is 19.5 Å². The highest BCUT2D eigenvalue weighted by Gasteiger charge is 2.59. The monoisotopic (exact) mass is 403 g/mol. The van der Waals surface area contributed by atoms with Crippen LogP contribution < -0.4 is 10.2 Å². The topological polar surface area (TPSA) is 101 Å². The summed E-state index contributed by atoms with van der Waals surface area (Å²) >= 11 is 0. The van der Waals surface area contributed by atoms with Crippen LogP contribution in [0.3, 0.4) is 0 Å². The summed E-state index contributed by atoms with van der Waals surface area (Å²) in [5, 5.41) is 6.79. The predicted molar refractivity (Wildman–Crippen MR) is 108 cm³/mol. The van der Waals surface area contributed by atoms with E-state index in [9.17, 15) is 9.59 Å². The second kappa shape index (κ2) is 7.05. The summed E-state index contributed by atoms with van der Waals surface area (Å²) in [4.78, 5) is 36.2. The highest BCUT2D eigenvalue weighted by molar-refractivity contribution is 6.02. The predicted octanol–water partition coefficient (Wildman–Crippen LogP) is 2.18. The summed E-state index contributed by atoms with van der Waals surface area (Å²) in [6.45, 7) is 2.07. The number of carbonyl (C=O) groups is 2. The first-order valence-electron chi connectivity index (χ1n) is 9.93. The van der Waals surface area contributed by atoms with E-state index in [1.54, 1.807) is 25.5 Å². The van der Waals surface area contributed by atoms with Gasteiger partial charge in [0.15, 0.2) is 11.5 Å². The molecule has 5 rings (SSSR count). The molecule has 0 bridgehead atoms. The van der Waals surface area contributed by atoms with E-state index in [1.165, 1.54) is 4.90 Å². The lowest BCUT2D eigenvalue weighted by Gasteiger charge is -2.22. The minimum absolute atomic E-state index is 0.0162. The number of carbonyl (C=O) groups excluding carboxylic acids is 2. The largest absolute Gasteiger partial charge is 0.360 e. The van der Waals surface area contributed by atoms with Crippen LogP contribution in [0.25, 0.3) is 0 Å². The molecule has 3 heterocycles. The van der Waals surface area contributed by atoms with Gasteiger partial charge >= 0.3 is 0 Å². The van der Waals surface area contributed by atoms with Crippen molar-refractivity contribution in [1.82, 2.24) is 20.4 Å². The van der Waals surface area contributed by atoms with Gasteiger partial charge in [0.1, 0.15) is 11.8 Å². The quantitative estimate of drug-likeness (QED) is 0.717. The van der Waals surface area contributed by atoms with Crippen molar-refractivity contribution in [3.63, 3.8) is 0 Å². The number of amides is 2. The van der Waals surface area contributed by atoms with Gasteiger partial charge in [-0.1, -0.05) is 42.4 Å². The third-order valence-corrected chi connectivity index (χ3v) is 6.07. The summed E-state index contributed by atoms with van der Waals surface area (Å²) < 4.78 is 5.33. The van der Waals surface area contributed by atoms with E-state index >= 15 is 0 Å². The van der Waals surface area contributed by atoms with Crippen LogP contribution in [-0.2, 0) is 11.2 Å². The maximum absolute atomic E-state index is 13.1. The number of likely N-dealkylation sites (N-methyl/N-ethyl adjacent to an activating group) is 1. The highest BCUT2D eigenvalue weighted by atomic mass is 16.5. The molecule has 1 aromatic carbocycles. The zero-order chi connectivity index (χ0) is 20.8. The summed E-state index contributed by atoms with van der Waals surface area (Å²) in [6.07, 6.45) is 3.76. The molecule has 8 nitrogen and oxygen atoms in total. The number of fused-ring (bicyclic) bond motifs is 3. The molecule has 0 saturated heterocycles. The number of rotatable bonds is 4. The molecule has 1 aliphatic heterocycles. The van der Waals surface area contributed by atoms with Crippen molar-refractivity contribution < 1.29 is 14.1 Å². The molecule has 0 spiro atoms. The fourth-order valence-corrected chi connectivity index (χ4v) is 4.42. The van der Waals surface area contributed by atoms with E-state index < -0.39 is 11.9 Å². The molecule has 3 aromatic rings. The van der Waals surface area contributed by atoms with Gasteiger partial charge in [0, 0.05) is 43.8 Å². The number of hydrogen-bond donors (Lipinski definition) is 1. The molecule has 2 unspecified atom stereocenters. The molecule has 8 heteroatoms. The van der Waals surface area contributed by atoms with E-state index in [4.69, 9.17) is 4.52 Å². The number of aromatic nitrogens is 3. The van der Waals surface area contributed by atoms with Crippen LogP contribution in [0.5, 0.6) is 0 Å². The van der Waals surface area contributed by atoms with Crippen LogP contribution in [-0.4, -0.2) is 40.0 Å². The minimum atomic E-state index is -0.659. The van der Waals surface area contributed by atoms with Crippen LogP contribution in [0, 0.1) is 11.8 Å². The lowest BCUT2D eigenvalue weighted by atomic mass is 10.1. The number of benzene rings is 1. The molecule has 1 fully saturated rings. The molecule has 1 saturated carbocycles. The van der Waals surface area contributed by atoms with E-state index in [1.807, 2.05) is 30.3 Å². The van der Waals surface area contributed by atoms with Gasteiger partial charge in [0.2, 0.25) is 0 Å². The SMILES string of the molecule is C[C@H]1C2c3nccnc3N(C)C(=O)[C@@H](NC(=O)c3cc(Cc4ccccc4)on3)C21. The third kappa shape index (κ3) is 3.04. The van der Waals surface area contributed by atoms with Crippen molar-refractivity contribution >= 4 is 17.6 Å². The van der Waals surface area contributed by atoms with E-state index in [2.05, 4.69) is 27.4 Å². The van der Waals surface area contributed by atoms with Crippen molar-refractivity contribution in [3.05, 3.63) is 71.5 Å². The number of hydrogen-bond acceptors (Lipinski definition) is 6. The molecule has 1 N–H and O–H groups in total. The van der Waals surface area contributed by atoms with Gasteiger partial charge in [-0.25, -0.2) is 4.98 Å². The van der Waals surface area contributed by atoms with Gasteiger partial charge in [-0.15, -0.1) is 0 Å². The fourth-order valence-electron chi connectivity index (χ4n) is 4.42. The van der Waals surface area contributed by atoms with Gasteiger partial charge in [0.05, 0.1) is 5.69 Å². The summed E-state index contributed by atoms with van der Waals surface area (Å²) in [5.74, 6) is 0.842. The highest BCUT2D eigenvalue weighted by Crippen LogP contribution is 2.58. The lowest BCUT2D eigenvalue weighted by Crippen LogP contribution is -2.49. The standard InChI is InChI=1S/C22H21N5O3/c1-12-16-17(12)19(22(29)27(2)20-18(16)23-8-9-24-20)25-21(28)15-11-14(30-26-15)10-13-6-4-3-5-7-13/h3-9,11-12,16-17,19H,10H2,1-2H3,(H,25,28)/t12-,16?,17?,19-/m0/s1. The first kappa shape index (κ1) is 18.5. The zero-order valence-electron chi connectivity index (χ0n) is 16.6. The van der Waals surface area contributed by atoms with E-state index in [0.29, 0.717) is 18.0 Å². The zero-order valence-corrected chi connectivity index (χ0v) is 16.6. The average Bonchev–Trinajstić information content (AvgIpc) is 3.21. The second-order valence-electron chi connectivity index (χ2n) is 7.92. The first-order chi connectivity index (χ1) is 14.5. The molecular weight excluding hydrogens is 382 g/mol. The molecule has 30 heavy (non-hydrogen) atoms. The Morgan fingerprint density at radius 1 is 1.20 bits per heavy atom. The van der Waals surface area contributed by atoms with Crippen molar-refractivity contribution in [2.24, 2.45) is 11.8 Å². The molecule has 1 aliphatic carbocycles. The molecular formula is C22H21N5O3. The van der Waals surface area contributed by atoms with Gasteiger partial charge in [-0.05, 0) is 11.5 Å². The van der Waals surface area contributed by atoms with Crippen molar-refractivity contribution in [2.45, 2.75) is 25.3 Å². The van der Waals surface area contributed by atoms with Crippen molar-refractivity contribution in [2.75, 3.05) is 11.9 Å². The van der Waals surface area contributed by atoms with Crippen LogP contribution >= 0.6 is 0 Å². The molecule has 2 aliphatic rings. The van der Waals surface area contributed by atoms with Gasteiger partial charge in [0.25, 0.3) is 11.8 Å². The van der Waals surface area contributed by atoms with Gasteiger partial charge in [-0.2, -0.15) is 0 Å². The van der Waals surface area contributed by atoms with E-state index in [0.717, 1.165) is 11.3 Å². The van der Waals surface area contributed by atoms with Crippen molar-refractivity contribution in [3.8, 4) is 0 Å². The molecule has 2 aromatic heterocycles. The number of anilines is 1. The Labute approximate surface area is 173 Å². The van der Waals surface area contributed by atoms with Crippen LogP contribution in [0.1, 0.15) is 40.3 Å². The summed E-state index contributed by atoms with van der Waals surface area (Å²) in [5.41, 5.74) is 2.04. The molecule has 152 valence electrons. The Hall–Kier alpha value is -3.55. The van der Waals surface area contributed by atoms with Crippen LogP contribution in [0.2, 0.25) is 0 Å². The van der Waals surface area contributed by atoms with E-state index in [-0.39, 0.29) is 29.4 Å². The molecule has 4 atom stereocenters. The Morgan fingerprint density at radius 2 is 1.97 bits per heavy atom.